The topological polar surface area (TPSA) is 47.3 Å². The molecule has 0 saturated carbocycles. The number of aliphatic hydroxyl groups is 1. The zero-order valence-corrected chi connectivity index (χ0v) is 12.9. The predicted octanol–water partition coefficient (Wildman–Crippen LogP) is 2.95. The van der Waals surface area contributed by atoms with Crippen LogP contribution in [0.5, 0.6) is 5.75 Å². The van der Waals surface area contributed by atoms with Gasteiger partial charge in [-0.25, -0.2) is 4.98 Å². The molecule has 0 bridgehead atoms. The van der Waals surface area contributed by atoms with E-state index < -0.39 is 17.8 Å². The van der Waals surface area contributed by atoms with Crippen LogP contribution in [0.25, 0.3) is 0 Å². The zero-order chi connectivity index (χ0) is 15.5. The highest BCUT2D eigenvalue weighted by Crippen LogP contribution is 2.35. The molecule has 1 heterocycles. The number of benzene rings is 1. The van der Waals surface area contributed by atoms with E-state index in [4.69, 9.17) is 4.74 Å². The fourth-order valence-electron chi connectivity index (χ4n) is 1.74. The quantitative estimate of drug-likeness (QED) is 0.769. The van der Waals surface area contributed by atoms with E-state index in [1.54, 1.807) is 17.0 Å². The number of nitrogens with zero attached hydrogens (tertiary/aromatic N) is 2. The van der Waals surface area contributed by atoms with Gasteiger partial charge in [0.2, 0.25) is 0 Å². The second-order valence-corrected chi connectivity index (χ2v) is 5.27. The van der Waals surface area contributed by atoms with Crippen LogP contribution in [0, 0.1) is 3.83 Å². The third kappa shape index (κ3) is 4.34. The van der Waals surface area contributed by atoms with Crippen LogP contribution in [0.15, 0.2) is 36.7 Å². The highest BCUT2D eigenvalue weighted by atomic mass is 127. The van der Waals surface area contributed by atoms with Crippen molar-refractivity contribution in [2.45, 2.75) is 18.8 Å². The molecule has 1 N–H and O–H groups in total. The Bertz CT molecular complexity index is 601. The summed E-state index contributed by atoms with van der Waals surface area (Å²) in [5.41, 5.74) is -0.852. The molecule has 1 aromatic heterocycles. The van der Waals surface area contributed by atoms with E-state index in [0.29, 0.717) is 3.83 Å². The van der Waals surface area contributed by atoms with Gasteiger partial charge < -0.3 is 14.4 Å². The van der Waals surface area contributed by atoms with Crippen molar-refractivity contribution < 1.29 is 23.0 Å². The summed E-state index contributed by atoms with van der Waals surface area (Å²) in [5.74, 6) is -0.288. The van der Waals surface area contributed by atoms with Gasteiger partial charge in [-0.1, -0.05) is 12.1 Å². The highest BCUT2D eigenvalue weighted by molar-refractivity contribution is 14.1. The summed E-state index contributed by atoms with van der Waals surface area (Å²) in [6.45, 7) is -0.0339. The van der Waals surface area contributed by atoms with E-state index in [0.717, 1.165) is 6.07 Å². The summed E-state index contributed by atoms with van der Waals surface area (Å²) in [7, 11) is 0. The predicted molar refractivity (Wildman–Crippen MR) is 77.9 cm³/mol. The number of alkyl halides is 3. The lowest BCUT2D eigenvalue weighted by Gasteiger charge is -2.16. The Morgan fingerprint density at radius 2 is 2.05 bits per heavy atom. The van der Waals surface area contributed by atoms with Crippen LogP contribution in [0.3, 0.4) is 0 Å². The first-order valence-corrected chi connectivity index (χ1v) is 7.09. The van der Waals surface area contributed by atoms with Gasteiger partial charge in [0.1, 0.15) is 18.5 Å². The van der Waals surface area contributed by atoms with Gasteiger partial charge in [-0.2, -0.15) is 13.2 Å². The summed E-state index contributed by atoms with van der Waals surface area (Å²) in [5, 5.41) is 9.84. The Kier molecular flexibility index (Phi) is 5.09. The van der Waals surface area contributed by atoms with Crippen LogP contribution in [0.4, 0.5) is 13.2 Å². The maximum absolute atomic E-state index is 12.8. The van der Waals surface area contributed by atoms with Crippen LogP contribution in [-0.4, -0.2) is 27.4 Å². The number of halogens is 4. The lowest BCUT2D eigenvalue weighted by molar-refractivity contribution is -0.139. The molecule has 0 amide bonds. The Labute approximate surface area is 132 Å². The molecule has 2 aromatic rings. The lowest BCUT2D eigenvalue weighted by Crippen LogP contribution is -2.24. The summed E-state index contributed by atoms with van der Waals surface area (Å²) < 4.78 is 45.8. The van der Waals surface area contributed by atoms with Crippen molar-refractivity contribution in [1.82, 2.24) is 9.55 Å². The van der Waals surface area contributed by atoms with Crippen molar-refractivity contribution in [2.75, 3.05) is 6.61 Å². The van der Waals surface area contributed by atoms with Crippen molar-refractivity contribution in [2.24, 2.45) is 0 Å². The molecule has 8 heteroatoms. The standard InChI is InChI=1S/C13H12F3IN2O2/c14-13(15,16)10-3-1-2-4-11(10)21-8-9(20)7-19-6-5-18-12(19)17/h1-6,9,20H,7-8H2/t9-/m0/s1. The monoisotopic (exact) mass is 412 g/mol. The Morgan fingerprint density at radius 3 is 2.67 bits per heavy atom. The van der Waals surface area contributed by atoms with Crippen molar-refractivity contribution >= 4 is 22.6 Å². The second-order valence-electron chi connectivity index (χ2n) is 4.31. The minimum atomic E-state index is -4.48. The molecule has 0 radical (unpaired) electrons. The third-order valence-electron chi connectivity index (χ3n) is 2.70. The molecule has 0 spiro atoms. The Morgan fingerprint density at radius 1 is 1.33 bits per heavy atom. The van der Waals surface area contributed by atoms with Gasteiger partial charge in [0.05, 0.1) is 12.1 Å². The number of hydrogen-bond acceptors (Lipinski definition) is 3. The molecule has 0 fully saturated rings. The fraction of sp³-hybridized carbons (Fsp3) is 0.308. The zero-order valence-electron chi connectivity index (χ0n) is 10.7. The van der Waals surface area contributed by atoms with Gasteiger partial charge in [-0.05, 0) is 34.7 Å². The van der Waals surface area contributed by atoms with E-state index in [-0.39, 0.29) is 18.9 Å². The van der Waals surface area contributed by atoms with Gasteiger partial charge in [-0.3, -0.25) is 0 Å². The van der Waals surface area contributed by atoms with Gasteiger partial charge in [0.15, 0.2) is 3.83 Å². The van der Waals surface area contributed by atoms with Crippen LogP contribution >= 0.6 is 22.6 Å². The number of imidazole rings is 1. The first kappa shape index (κ1) is 16.1. The number of aromatic nitrogens is 2. The maximum atomic E-state index is 12.8. The number of aliphatic hydroxyl groups excluding tert-OH is 1. The minimum absolute atomic E-state index is 0.201. The summed E-state index contributed by atoms with van der Waals surface area (Å²) in [4.78, 5) is 3.98. The molecule has 0 aliphatic rings. The van der Waals surface area contributed by atoms with Crippen LogP contribution in [-0.2, 0) is 12.7 Å². The average molecular weight is 412 g/mol. The highest BCUT2D eigenvalue weighted by Gasteiger charge is 2.34. The summed E-state index contributed by atoms with van der Waals surface area (Å²) >= 11 is 2.00. The molecule has 0 unspecified atom stereocenters. The molecule has 0 aliphatic heterocycles. The van der Waals surface area contributed by atoms with Crippen molar-refractivity contribution in [1.29, 1.82) is 0 Å². The molecule has 114 valence electrons. The number of hydrogen-bond donors (Lipinski definition) is 1. The van der Waals surface area contributed by atoms with E-state index in [9.17, 15) is 18.3 Å². The van der Waals surface area contributed by atoms with Crippen LogP contribution in [0.1, 0.15) is 5.56 Å². The molecule has 2 rings (SSSR count). The number of para-hydroxylation sites is 1. The van der Waals surface area contributed by atoms with E-state index in [1.807, 2.05) is 22.6 Å². The molecule has 21 heavy (non-hydrogen) atoms. The average Bonchev–Trinajstić information content (AvgIpc) is 2.81. The molecule has 1 atom stereocenters. The minimum Gasteiger partial charge on any atom is -0.490 e. The van der Waals surface area contributed by atoms with Gasteiger partial charge in [0.25, 0.3) is 0 Å². The first-order valence-electron chi connectivity index (χ1n) is 6.01. The van der Waals surface area contributed by atoms with Crippen LogP contribution in [0.2, 0.25) is 0 Å². The van der Waals surface area contributed by atoms with Crippen molar-refractivity contribution in [3.63, 3.8) is 0 Å². The smallest absolute Gasteiger partial charge is 0.419 e. The largest absolute Gasteiger partial charge is 0.490 e. The lowest BCUT2D eigenvalue weighted by atomic mass is 10.2. The van der Waals surface area contributed by atoms with Gasteiger partial charge in [-0.15, -0.1) is 0 Å². The molecule has 4 nitrogen and oxygen atoms in total. The summed E-state index contributed by atoms with van der Waals surface area (Å²) in [6, 6.07) is 4.92. The first-order chi connectivity index (χ1) is 9.88. The van der Waals surface area contributed by atoms with Gasteiger partial charge >= 0.3 is 6.18 Å². The Hall–Kier alpha value is -1.29. The normalized spacial score (nSPS) is 13.2. The van der Waals surface area contributed by atoms with E-state index in [2.05, 4.69) is 4.98 Å². The van der Waals surface area contributed by atoms with E-state index in [1.165, 1.54) is 18.2 Å². The van der Waals surface area contributed by atoms with E-state index >= 15 is 0 Å². The molecule has 1 aromatic carbocycles. The van der Waals surface area contributed by atoms with Gasteiger partial charge in [0, 0.05) is 12.4 Å². The SMILES string of the molecule is O[C@H](COc1ccccc1C(F)(F)F)Cn1ccnc1I. The third-order valence-corrected chi connectivity index (χ3v) is 3.59. The second kappa shape index (κ2) is 6.65. The molecule has 0 aliphatic carbocycles. The number of rotatable bonds is 5. The molecule has 0 saturated heterocycles. The maximum Gasteiger partial charge on any atom is 0.419 e. The fourth-order valence-corrected chi connectivity index (χ4v) is 2.26. The number of ether oxygens (including phenoxy) is 1. The molecular weight excluding hydrogens is 400 g/mol. The van der Waals surface area contributed by atoms with Crippen LogP contribution < -0.4 is 4.74 Å². The molecular formula is C13H12F3IN2O2. The van der Waals surface area contributed by atoms with Crippen molar-refractivity contribution in [3.8, 4) is 5.75 Å². The summed E-state index contributed by atoms with van der Waals surface area (Å²) in [6.07, 6.45) is -2.17. The van der Waals surface area contributed by atoms with Crippen molar-refractivity contribution in [3.05, 3.63) is 46.1 Å². The Balaban J connectivity index is 1.99.